The molecule has 1 fully saturated rings. The van der Waals surface area contributed by atoms with Crippen molar-refractivity contribution in [3.8, 4) is 6.07 Å². The van der Waals surface area contributed by atoms with E-state index in [1.807, 2.05) is 36.4 Å². The van der Waals surface area contributed by atoms with Gasteiger partial charge in [0, 0.05) is 18.2 Å². The monoisotopic (exact) mass is 413 g/mol. The highest BCUT2D eigenvalue weighted by molar-refractivity contribution is 6.58. The lowest BCUT2D eigenvalue weighted by molar-refractivity contribution is 0.203. The number of pyridine rings is 2. The first-order chi connectivity index (χ1) is 15.1. The number of nitrogens with zero attached hydrogens (tertiary/aromatic N) is 4. The second-order valence-corrected chi connectivity index (χ2v) is 7.78. The minimum Gasteiger partial charge on any atom is -0.423 e. The summed E-state index contributed by atoms with van der Waals surface area (Å²) in [6.07, 6.45) is 3.73. The molecule has 0 aliphatic carbocycles. The first-order valence-corrected chi connectivity index (χ1v) is 10.4. The first-order valence-electron chi connectivity index (χ1n) is 10.4. The lowest BCUT2D eigenvalue weighted by Crippen LogP contribution is -2.33. The number of benzene rings is 1. The van der Waals surface area contributed by atoms with Crippen LogP contribution in [0.3, 0.4) is 0 Å². The Morgan fingerprint density at radius 2 is 1.84 bits per heavy atom. The molecule has 3 heterocycles. The third-order valence-electron chi connectivity index (χ3n) is 5.61. The molecule has 4 rings (SSSR count). The minimum atomic E-state index is -1.42. The molecule has 3 aromatic rings. The number of piperidine rings is 1. The fourth-order valence-electron chi connectivity index (χ4n) is 3.87. The summed E-state index contributed by atoms with van der Waals surface area (Å²) >= 11 is 0. The summed E-state index contributed by atoms with van der Waals surface area (Å²) in [5, 5.41) is 30.6. The highest BCUT2D eigenvalue weighted by Crippen LogP contribution is 2.28. The zero-order chi connectivity index (χ0) is 21.6. The van der Waals surface area contributed by atoms with Crippen molar-refractivity contribution in [1.82, 2.24) is 14.9 Å². The van der Waals surface area contributed by atoms with Crippen molar-refractivity contribution in [3.63, 3.8) is 0 Å². The van der Waals surface area contributed by atoms with E-state index < -0.39 is 7.12 Å². The van der Waals surface area contributed by atoms with Crippen LogP contribution in [-0.2, 0) is 6.54 Å². The van der Waals surface area contributed by atoms with E-state index in [4.69, 9.17) is 10.2 Å². The van der Waals surface area contributed by atoms with Crippen molar-refractivity contribution in [3.05, 3.63) is 77.7 Å². The number of hydrogen-bond acceptors (Lipinski definition) is 7. The Labute approximate surface area is 182 Å². The second kappa shape index (κ2) is 9.71. The van der Waals surface area contributed by atoms with Gasteiger partial charge in [0.05, 0.1) is 11.9 Å². The van der Waals surface area contributed by atoms with Crippen LogP contribution < -0.4 is 10.8 Å². The number of anilines is 2. The van der Waals surface area contributed by atoms with E-state index in [9.17, 15) is 10.0 Å². The number of aromatic nitrogens is 2. The first kappa shape index (κ1) is 21.0. The van der Waals surface area contributed by atoms with Crippen LogP contribution in [-0.4, -0.2) is 45.1 Å². The largest absolute Gasteiger partial charge is 0.488 e. The molecule has 2 aromatic heterocycles. The molecule has 31 heavy (non-hydrogen) atoms. The molecular weight excluding hydrogens is 389 g/mol. The van der Waals surface area contributed by atoms with Crippen LogP contribution in [0.5, 0.6) is 0 Å². The van der Waals surface area contributed by atoms with Gasteiger partial charge in [-0.05, 0) is 61.2 Å². The molecule has 7 nitrogen and oxygen atoms in total. The van der Waals surface area contributed by atoms with E-state index in [2.05, 4.69) is 21.3 Å². The minimum absolute atomic E-state index is 0.390. The van der Waals surface area contributed by atoms with Crippen molar-refractivity contribution in [1.29, 1.82) is 5.26 Å². The molecule has 1 aliphatic rings. The van der Waals surface area contributed by atoms with Gasteiger partial charge in [-0.3, -0.25) is 4.90 Å². The summed E-state index contributed by atoms with van der Waals surface area (Å²) < 4.78 is 0. The summed E-state index contributed by atoms with van der Waals surface area (Å²) in [6, 6.07) is 19.0. The van der Waals surface area contributed by atoms with Crippen LogP contribution in [0.15, 0.2) is 60.8 Å². The van der Waals surface area contributed by atoms with Crippen LogP contribution in [0.25, 0.3) is 0 Å². The Hall–Kier alpha value is -3.25. The molecule has 0 radical (unpaired) electrons. The molecule has 0 unspecified atom stereocenters. The Morgan fingerprint density at radius 3 is 2.48 bits per heavy atom. The van der Waals surface area contributed by atoms with Gasteiger partial charge in [0.1, 0.15) is 17.6 Å². The van der Waals surface area contributed by atoms with Gasteiger partial charge in [-0.25, -0.2) is 9.97 Å². The highest BCUT2D eigenvalue weighted by Gasteiger charge is 2.22. The van der Waals surface area contributed by atoms with E-state index >= 15 is 0 Å². The number of nitriles is 1. The number of rotatable bonds is 6. The van der Waals surface area contributed by atoms with Crippen molar-refractivity contribution in [2.45, 2.75) is 25.3 Å². The van der Waals surface area contributed by atoms with Crippen LogP contribution >= 0.6 is 0 Å². The number of likely N-dealkylation sites (tertiary alicyclic amines) is 1. The Morgan fingerprint density at radius 1 is 1.06 bits per heavy atom. The lowest BCUT2D eigenvalue weighted by Gasteiger charge is -2.31. The van der Waals surface area contributed by atoms with E-state index in [1.165, 1.54) is 5.56 Å². The summed E-state index contributed by atoms with van der Waals surface area (Å²) in [6.45, 7) is 2.84. The second-order valence-electron chi connectivity index (χ2n) is 7.78. The maximum atomic E-state index is 9.22. The van der Waals surface area contributed by atoms with Crippen molar-refractivity contribution < 1.29 is 10.0 Å². The molecule has 1 saturated heterocycles. The van der Waals surface area contributed by atoms with E-state index in [0.717, 1.165) is 49.7 Å². The average Bonchev–Trinajstić information content (AvgIpc) is 2.81. The van der Waals surface area contributed by atoms with Gasteiger partial charge in [-0.2, -0.15) is 5.26 Å². The van der Waals surface area contributed by atoms with Crippen LogP contribution in [0.2, 0.25) is 0 Å². The highest BCUT2D eigenvalue weighted by atomic mass is 16.4. The standard InChI is InChI=1S/C23H24BN5O2/c25-14-20-8-9-21(15-26-20)27-23-3-1-2-22(28-23)18-10-12-29(13-11-18)16-17-4-6-19(7-5-17)24(30)31/h1-9,15,18,30-31H,10-13,16H2,(H,27,28). The fourth-order valence-corrected chi connectivity index (χ4v) is 3.87. The molecular formula is C23H24BN5O2. The maximum Gasteiger partial charge on any atom is 0.488 e. The third-order valence-corrected chi connectivity index (χ3v) is 5.61. The zero-order valence-corrected chi connectivity index (χ0v) is 17.1. The van der Waals surface area contributed by atoms with Gasteiger partial charge in [-0.1, -0.05) is 30.3 Å². The summed E-state index contributed by atoms with van der Waals surface area (Å²) in [5.74, 6) is 1.20. The normalized spacial score (nSPS) is 14.7. The molecule has 1 aliphatic heterocycles. The smallest absolute Gasteiger partial charge is 0.423 e. The molecule has 0 saturated carbocycles. The van der Waals surface area contributed by atoms with Gasteiger partial charge in [0.15, 0.2) is 0 Å². The van der Waals surface area contributed by atoms with Gasteiger partial charge in [0.2, 0.25) is 0 Å². The quantitative estimate of drug-likeness (QED) is 0.532. The molecule has 0 spiro atoms. The van der Waals surface area contributed by atoms with E-state index in [1.54, 1.807) is 24.4 Å². The van der Waals surface area contributed by atoms with Gasteiger partial charge >= 0.3 is 7.12 Å². The van der Waals surface area contributed by atoms with Gasteiger partial charge in [0.25, 0.3) is 0 Å². The van der Waals surface area contributed by atoms with E-state index in [-0.39, 0.29) is 0 Å². The van der Waals surface area contributed by atoms with Crippen molar-refractivity contribution in [2.24, 2.45) is 0 Å². The molecule has 156 valence electrons. The Kier molecular flexibility index (Phi) is 6.58. The zero-order valence-electron chi connectivity index (χ0n) is 17.1. The molecule has 3 N–H and O–H groups in total. The topological polar surface area (TPSA) is 105 Å². The van der Waals surface area contributed by atoms with Crippen molar-refractivity contribution >= 4 is 24.1 Å². The maximum absolute atomic E-state index is 9.22. The molecule has 1 aromatic carbocycles. The van der Waals surface area contributed by atoms with Crippen molar-refractivity contribution in [2.75, 3.05) is 18.4 Å². The Bertz CT molecular complexity index is 1040. The van der Waals surface area contributed by atoms with E-state index in [0.29, 0.717) is 17.1 Å². The van der Waals surface area contributed by atoms with Crippen LogP contribution in [0, 0.1) is 11.3 Å². The summed E-state index contributed by atoms with van der Waals surface area (Å²) in [5.41, 5.74) is 3.97. The predicted octanol–water partition coefficient (Wildman–Crippen LogP) is 2.15. The predicted molar refractivity (Wildman–Crippen MR) is 120 cm³/mol. The number of nitrogens with one attached hydrogen (secondary N) is 1. The van der Waals surface area contributed by atoms with Crippen LogP contribution in [0.4, 0.5) is 11.5 Å². The molecule has 0 amide bonds. The lowest BCUT2D eigenvalue weighted by atomic mass is 9.80. The van der Waals surface area contributed by atoms with Gasteiger partial charge < -0.3 is 15.4 Å². The van der Waals surface area contributed by atoms with Crippen LogP contribution in [0.1, 0.15) is 35.7 Å². The fraction of sp³-hybridized carbons (Fsp3) is 0.261. The molecule has 0 bridgehead atoms. The third kappa shape index (κ3) is 5.47. The van der Waals surface area contributed by atoms with Gasteiger partial charge in [-0.15, -0.1) is 0 Å². The summed E-state index contributed by atoms with van der Waals surface area (Å²) in [7, 11) is -1.42. The number of hydrogen-bond donors (Lipinski definition) is 3. The molecule has 8 heteroatoms. The molecule has 0 atom stereocenters. The average molecular weight is 413 g/mol. The SMILES string of the molecule is N#Cc1ccc(Nc2cccc(C3CCN(Cc4ccc(B(O)O)cc4)CC3)n2)cn1. The summed E-state index contributed by atoms with van der Waals surface area (Å²) in [4.78, 5) is 11.3. The Balaban J connectivity index is 1.33.